The molecule has 132 valence electrons. The summed E-state index contributed by atoms with van der Waals surface area (Å²) in [6, 6.07) is 12.3. The number of hydrogen-bond acceptors (Lipinski definition) is 5. The maximum absolute atomic E-state index is 11.8. The summed E-state index contributed by atoms with van der Waals surface area (Å²) in [5.74, 6) is 1.28. The van der Waals surface area contributed by atoms with Crippen molar-refractivity contribution in [1.82, 2.24) is 5.43 Å². The number of carbonyl (C=O) groups is 1. The van der Waals surface area contributed by atoms with E-state index in [1.54, 1.807) is 43.5 Å². The molecule has 6 nitrogen and oxygen atoms in total. The zero-order chi connectivity index (χ0) is 18.1. The van der Waals surface area contributed by atoms with Crippen molar-refractivity contribution in [2.45, 2.75) is 6.92 Å². The van der Waals surface area contributed by atoms with Gasteiger partial charge < -0.3 is 14.2 Å². The van der Waals surface area contributed by atoms with E-state index in [0.29, 0.717) is 28.9 Å². The molecule has 0 saturated heterocycles. The molecule has 0 spiro atoms. The Kier molecular flexibility index (Phi) is 7.10. The average Bonchev–Trinajstić information content (AvgIpc) is 2.61. The Morgan fingerprint density at radius 2 is 1.88 bits per heavy atom. The van der Waals surface area contributed by atoms with Crippen LogP contribution in [0.15, 0.2) is 47.6 Å². The lowest BCUT2D eigenvalue weighted by Crippen LogP contribution is -2.24. The zero-order valence-corrected chi connectivity index (χ0v) is 14.7. The first-order valence-electron chi connectivity index (χ1n) is 7.64. The predicted molar refractivity (Wildman–Crippen MR) is 96.8 cm³/mol. The standard InChI is InChI=1S/C18H19ClN2O4/c1-3-24-16-6-4-5-7-17(16)25-12-18(22)21-20-11-13-8-9-15(23-2)14(19)10-13/h4-11H,3,12H2,1-2H3,(H,21,22)/b20-11+. The number of hydrogen-bond donors (Lipinski definition) is 1. The second kappa shape index (κ2) is 9.54. The highest BCUT2D eigenvalue weighted by Gasteiger charge is 2.06. The van der Waals surface area contributed by atoms with Crippen LogP contribution >= 0.6 is 11.6 Å². The van der Waals surface area contributed by atoms with Crippen molar-refractivity contribution in [1.29, 1.82) is 0 Å². The van der Waals surface area contributed by atoms with E-state index in [9.17, 15) is 4.79 Å². The van der Waals surface area contributed by atoms with Crippen LogP contribution in [-0.4, -0.2) is 32.4 Å². The van der Waals surface area contributed by atoms with Gasteiger partial charge in [-0.1, -0.05) is 23.7 Å². The largest absolute Gasteiger partial charge is 0.495 e. The van der Waals surface area contributed by atoms with E-state index in [4.69, 9.17) is 25.8 Å². The van der Waals surface area contributed by atoms with Crippen molar-refractivity contribution in [2.24, 2.45) is 5.10 Å². The molecule has 0 aliphatic rings. The van der Waals surface area contributed by atoms with Crippen LogP contribution in [0.3, 0.4) is 0 Å². The summed E-state index contributed by atoms with van der Waals surface area (Å²) < 4.78 is 16.0. The van der Waals surface area contributed by atoms with Crippen LogP contribution in [0, 0.1) is 0 Å². The maximum atomic E-state index is 11.8. The molecule has 0 atom stereocenters. The molecule has 2 aromatic rings. The second-order valence-corrected chi connectivity index (χ2v) is 5.26. The highest BCUT2D eigenvalue weighted by Crippen LogP contribution is 2.26. The van der Waals surface area contributed by atoms with Gasteiger partial charge in [0.25, 0.3) is 5.91 Å². The third-order valence-electron chi connectivity index (χ3n) is 3.09. The minimum absolute atomic E-state index is 0.176. The number of nitrogens with zero attached hydrogens (tertiary/aromatic N) is 1. The van der Waals surface area contributed by atoms with Crippen molar-refractivity contribution >= 4 is 23.7 Å². The van der Waals surface area contributed by atoms with Crippen LogP contribution < -0.4 is 19.6 Å². The highest BCUT2D eigenvalue weighted by atomic mass is 35.5. The van der Waals surface area contributed by atoms with Crippen LogP contribution in [0.5, 0.6) is 17.2 Å². The molecule has 0 radical (unpaired) electrons. The van der Waals surface area contributed by atoms with E-state index in [1.807, 2.05) is 13.0 Å². The minimum Gasteiger partial charge on any atom is -0.495 e. The molecule has 0 bridgehead atoms. The molecule has 0 aromatic heterocycles. The normalized spacial score (nSPS) is 10.5. The minimum atomic E-state index is -0.387. The van der Waals surface area contributed by atoms with Crippen molar-refractivity contribution in [3.8, 4) is 17.2 Å². The fraction of sp³-hybridized carbons (Fsp3) is 0.222. The topological polar surface area (TPSA) is 69.2 Å². The maximum Gasteiger partial charge on any atom is 0.277 e. The Balaban J connectivity index is 1.85. The lowest BCUT2D eigenvalue weighted by atomic mass is 10.2. The molecule has 2 aromatic carbocycles. The molecule has 0 aliphatic heterocycles. The molecule has 0 saturated carbocycles. The van der Waals surface area contributed by atoms with Crippen molar-refractivity contribution < 1.29 is 19.0 Å². The molecule has 0 fully saturated rings. The molecular weight excluding hydrogens is 344 g/mol. The van der Waals surface area contributed by atoms with E-state index >= 15 is 0 Å². The van der Waals surface area contributed by atoms with Gasteiger partial charge in [0.05, 0.1) is 25.0 Å². The quantitative estimate of drug-likeness (QED) is 0.578. The zero-order valence-electron chi connectivity index (χ0n) is 14.0. The van der Waals surface area contributed by atoms with E-state index < -0.39 is 0 Å². The van der Waals surface area contributed by atoms with Gasteiger partial charge in [-0.2, -0.15) is 5.10 Å². The van der Waals surface area contributed by atoms with Gasteiger partial charge in [-0.05, 0) is 42.8 Å². The monoisotopic (exact) mass is 362 g/mol. The molecule has 0 aliphatic carbocycles. The van der Waals surface area contributed by atoms with Crippen LogP contribution in [0.25, 0.3) is 0 Å². The summed E-state index contributed by atoms with van der Waals surface area (Å²) in [5.41, 5.74) is 3.12. The van der Waals surface area contributed by atoms with Crippen molar-refractivity contribution in [2.75, 3.05) is 20.3 Å². The van der Waals surface area contributed by atoms with E-state index in [0.717, 1.165) is 5.56 Å². The number of carbonyl (C=O) groups excluding carboxylic acids is 1. The summed E-state index contributed by atoms with van der Waals surface area (Å²) in [6.45, 7) is 2.22. The number of benzene rings is 2. The van der Waals surface area contributed by atoms with Gasteiger partial charge >= 0.3 is 0 Å². The number of nitrogens with one attached hydrogen (secondary N) is 1. The second-order valence-electron chi connectivity index (χ2n) is 4.86. The molecule has 1 amide bonds. The van der Waals surface area contributed by atoms with Gasteiger partial charge in [0.15, 0.2) is 18.1 Å². The van der Waals surface area contributed by atoms with Crippen LogP contribution in [0.4, 0.5) is 0 Å². The van der Waals surface area contributed by atoms with E-state index in [1.165, 1.54) is 6.21 Å². The first-order chi connectivity index (χ1) is 12.1. The first-order valence-corrected chi connectivity index (χ1v) is 8.02. The summed E-state index contributed by atoms with van der Waals surface area (Å²) in [5, 5.41) is 4.34. The molecule has 25 heavy (non-hydrogen) atoms. The van der Waals surface area contributed by atoms with Gasteiger partial charge in [-0.15, -0.1) is 0 Å². The smallest absolute Gasteiger partial charge is 0.277 e. The lowest BCUT2D eigenvalue weighted by molar-refractivity contribution is -0.123. The van der Waals surface area contributed by atoms with Gasteiger partial charge in [-0.3, -0.25) is 4.79 Å². The fourth-order valence-corrected chi connectivity index (χ4v) is 2.23. The summed E-state index contributed by atoms with van der Waals surface area (Å²) in [4.78, 5) is 11.8. The summed E-state index contributed by atoms with van der Waals surface area (Å²) >= 11 is 6.02. The summed E-state index contributed by atoms with van der Waals surface area (Å²) in [7, 11) is 1.54. The Morgan fingerprint density at radius 1 is 1.16 bits per heavy atom. The average molecular weight is 363 g/mol. The number of methoxy groups -OCH3 is 1. The van der Waals surface area contributed by atoms with Crippen LogP contribution in [-0.2, 0) is 4.79 Å². The van der Waals surface area contributed by atoms with Gasteiger partial charge in [-0.25, -0.2) is 5.43 Å². The number of amides is 1. The predicted octanol–water partition coefficient (Wildman–Crippen LogP) is 3.28. The van der Waals surface area contributed by atoms with Gasteiger partial charge in [0.2, 0.25) is 0 Å². The third kappa shape index (κ3) is 5.69. The van der Waals surface area contributed by atoms with Gasteiger partial charge in [0, 0.05) is 0 Å². The van der Waals surface area contributed by atoms with Crippen LogP contribution in [0.2, 0.25) is 5.02 Å². The third-order valence-corrected chi connectivity index (χ3v) is 3.38. The molecule has 7 heteroatoms. The lowest BCUT2D eigenvalue weighted by Gasteiger charge is -2.10. The molecular formula is C18H19ClN2O4. The number of para-hydroxylation sites is 2. The van der Waals surface area contributed by atoms with Crippen LogP contribution in [0.1, 0.15) is 12.5 Å². The first kappa shape index (κ1) is 18.6. The number of halogens is 1. The molecule has 0 heterocycles. The van der Waals surface area contributed by atoms with Crippen molar-refractivity contribution in [3.63, 3.8) is 0 Å². The Labute approximate surface area is 151 Å². The van der Waals surface area contributed by atoms with Crippen molar-refractivity contribution in [3.05, 3.63) is 53.1 Å². The number of rotatable bonds is 8. The number of hydrazone groups is 1. The highest BCUT2D eigenvalue weighted by molar-refractivity contribution is 6.32. The fourth-order valence-electron chi connectivity index (χ4n) is 1.96. The Hall–Kier alpha value is -2.73. The Bertz CT molecular complexity index is 750. The SMILES string of the molecule is CCOc1ccccc1OCC(=O)N/N=C/c1ccc(OC)c(Cl)c1. The molecule has 2 rings (SSSR count). The van der Waals surface area contributed by atoms with Gasteiger partial charge in [0.1, 0.15) is 5.75 Å². The summed E-state index contributed by atoms with van der Waals surface area (Å²) in [6.07, 6.45) is 1.48. The van der Waals surface area contributed by atoms with E-state index in [-0.39, 0.29) is 12.5 Å². The van der Waals surface area contributed by atoms with E-state index in [2.05, 4.69) is 10.5 Å². The molecule has 1 N–H and O–H groups in total. The number of ether oxygens (including phenoxy) is 3. The Morgan fingerprint density at radius 3 is 2.52 bits per heavy atom. The molecule has 0 unspecified atom stereocenters.